The summed E-state index contributed by atoms with van der Waals surface area (Å²) in [6.45, 7) is 4.25. The lowest BCUT2D eigenvalue weighted by atomic mass is 9.95. The van der Waals surface area contributed by atoms with Gasteiger partial charge in [0.05, 0.1) is 6.10 Å². The molecule has 6 heteroatoms. The second-order valence-electron chi connectivity index (χ2n) is 5.50. The summed E-state index contributed by atoms with van der Waals surface area (Å²) in [6.07, 6.45) is 0.984. The van der Waals surface area contributed by atoms with Crippen molar-refractivity contribution in [2.75, 3.05) is 20.3 Å². The number of halogens is 1. The molecular weight excluding hydrogens is 304 g/mol. The van der Waals surface area contributed by atoms with Gasteiger partial charge in [0.15, 0.2) is 0 Å². The average Bonchev–Trinajstić information content (AvgIpc) is 2.48. The standard InChI is InChI=1S/C16H25ClN2O3/c1-4-16(2,8-9-20)19-15(21)18-11-14(22-3)12-6-5-7-13(17)10-12/h5-7,10,14,20H,4,8-9,11H2,1-3H3,(H2,18,19,21). The molecule has 2 atom stereocenters. The van der Waals surface area contributed by atoms with Gasteiger partial charge in [-0.1, -0.05) is 30.7 Å². The number of hydrogen-bond acceptors (Lipinski definition) is 3. The van der Waals surface area contributed by atoms with Crippen LogP contribution in [0, 0.1) is 0 Å². The Balaban J connectivity index is 2.57. The predicted molar refractivity (Wildman–Crippen MR) is 88.1 cm³/mol. The van der Waals surface area contributed by atoms with Crippen LogP contribution in [-0.4, -0.2) is 36.9 Å². The Labute approximate surface area is 137 Å². The quantitative estimate of drug-likeness (QED) is 0.687. The Kier molecular flexibility index (Phi) is 7.65. The van der Waals surface area contributed by atoms with E-state index in [1.807, 2.05) is 32.0 Å². The first-order chi connectivity index (χ1) is 10.4. The predicted octanol–water partition coefficient (Wildman–Crippen LogP) is 2.88. The Hall–Kier alpha value is -1.30. The van der Waals surface area contributed by atoms with Crippen molar-refractivity contribution in [2.24, 2.45) is 0 Å². The van der Waals surface area contributed by atoms with Gasteiger partial charge in [-0.05, 0) is 37.5 Å². The van der Waals surface area contributed by atoms with Gasteiger partial charge >= 0.3 is 6.03 Å². The van der Waals surface area contributed by atoms with Gasteiger partial charge in [0, 0.05) is 30.8 Å². The maximum atomic E-state index is 12.0. The lowest BCUT2D eigenvalue weighted by Crippen LogP contribution is -2.51. The van der Waals surface area contributed by atoms with Crippen molar-refractivity contribution < 1.29 is 14.6 Å². The van der Waals surface area contributed by atoms with Crippen LogP contribution in [0.2, 0.25) is 5.02 Å². The zero-order valence-electron chi connectivity index (χ0n) is 13.4. The molecule has 0 heterocycles. The van der Waals surface area contributed by atoms with E-state index in [1.165, 1.54) is 0 Å². The topological polar surface area (TPSA) is 70.6 Å². The number of nitrogens with one attached hydrogen (secondary N) is 2. The van der Waals surface area contributed by atoms with Crippen LogP contribution < -0.4 is 10.6 Å². The summed E-state index contributed by atoms with van der Waals surface area (Å²) in [4.78, 5) is 12.0. The molecule has 22 heavy (non-hydrogen) atoms. The van der Waals surface area contributed by atoms with Gasteiger partial charge in [-0.25, -0.2) is 4.79 Å². The Morgan fingerprint density at radius 3 is 2.77 bits per heavy atom. The molecule has 0 aromatic heterocycles. The van der Waals surface area contributed by atoms with Gasteiger partial charge in [-0.15, -0.1) is 0 Å². The average molecular weight is 329 g/mol. The summed E-state index contributed by atoms with van der Waals surface area (Å²) in [6, 6.07) is 7.08. The normalized spacial score (nSPS) is 15.0. The molecule has 1 rings (SSSR count). The number of rotatable bonds is 8. The third kappa shape index (κ3) is 5.83. The largest absolute Gasteiger partial charge is 0.396 e. The zero-order chi connectivity index (χ0) is 16.6. The molecule has 0 radical (unpaired) electrons. The molecule has 0 aliphatic heterocycles. The van der Waals surface area contributed by atoms with Crippen molar-refractivity contribution >= 4 is 17.6 Å². The first-order valence-electron chi connectivity index (χ1n) is 7.39. The van der Waals surface area contributed by atoms with Crippen LogP contribution in [-0.2, 0) is 4.74 Å². The Morgan fingerprint density at radius 2 is 2.23 bits per heavy atom. The maximum absolute atomic E-state index is 12.0. The number of benzene rings is 1. The number of aliphatic hydroxyl groups is 1. The maximum Gasteiger partial charge on any atom is 0.315 e. The number of urea groups is 1. The van der Waals surface area contributed by atoms with Crippen LogP contribution >= 0.6 is 11.6 Å². The third-order valence-electron chi connectivity index (χ3n) is 3.81. The van der Waals surface area contributed by atoms with Crippen LogP contribution in [0.25, 0.3) is 0 Å². The Morgan fingerprint density at radius 1 is 1.50 bits per heavy atom. The van der Waals surface area contributed by atoms with Crippen molar-refractivity contribution in [3.05, 3.63) is 34.9 Å². The van der Waals surface area contributed by atoms with Crippen molar-refractivity contribution in [3.63, 3.8) is 0 Å². The Bertz CT molecular complexity index is 484. The number of carbonyl (C=O) groups excluding carboxylic acids is 1. The van der Waals surface area contributed by atoms with E-state index in [0.717, 1.165) is 12.0 Å². The fourth-order valence-electron chi connectivity index (χ4n) is 2.12. The van der Waals surface area contributed by atoms with Crippen molar-refractivity contribution in [1.82, 2.24) is 10.6 Å². The molecule has 3 N–H and O–H groups in total. The van der Waals surface area contributed by atoms with Crippen molar-refractivity contribution in [2.45, 2.75) is 38.3 Å². The van der Waals surface area contributed by atoms with Crippen LogP contribution in [0.15, 0.2) is 24.3 Å². The van der Waals surface area contributed by atoms with Crippen molar-refractivity contribution in [3.8, 4) is 0 Å². The highest BCUT2D eigenvalue weighted by atomic mass is 35.5. The molecule has 124 valence electrons. The minimum Gasteiger partial charge on any atom is -0.396 e. The van der Waals surface area contributed by atoms with Gasteiger partial charge in [0.2, 0.25) is 0 Å². The molecule has 0 saturated carbocycles. The van der Waals surface area contributed by atoms with Gasteiger partial charge in [0.25, 0.3) is 0 Å². The minimum atomic E-state index is -0.419. The van der Waals surface area contributed by atoms with Crippen molar-refractivity contribution in [1.29, 1.82) is 0 Å². The fraction of sp³-hybridized carbons (Fsp3) is 0.562. The molecule has 0 spiro atoms. The van der Waals surface area contributed by atoms with Crippen LogP contribution in [0.1, 0.15) is 38.4 Å². The second-order valence-corrected chi connectivity index (χ2v) is 5.94. The van der Waals surface area contributed by atoms with E-state index in [-0.39, 0.29) is 18.7 Å². The lowest BCUT2D eigenvalue weighted by Gasteiger charge is -2.29. The molecule has 5 nitrogen and oxygen atoms in total. The number of methoxy groups -OCH3 is 1. The number of aliphatic hydroxyl groups excluding tert-OH is 1. The number of amides is 2. The first kappa shape index (κ1) is 18.7. The highest BCUT2D eigenvalue weighted by Gasteiger charge is 2.24. The van der Waals surface area contributed by atoms with Crippen LogP contribution in [0.5, 0.6) is 0 Å². The van der Waals surface area contributed by atoms with E-state index in [1.54, 1.807) is 13.2 Å². The summed E-state index contributed by atoms with van der Waals surface area (Å²) < 4.78 is 5.40. The second kappa shape index (κ2) is 8.98. The zero-order valence-corrected chi connectivity index (χ0v) is 14.1. The molecule has 1 aromatic carbocycles. The SMILES string of the molecule is CCC(C)(CCO)NC(=O)NCC(OC)c1cccc(Cl)c1. The highest BCUT2D eigenvalue weighted by molar-refractivity contribution is 6.30. The summed E-state index contributed by atoms with van der Waals surface area (Å²) in [5.74, 6) is 0. The molecule has 0 aliphatic rings. The van der Waals surface area contributed by atoms with E-state index < -0.39 is 5.54 Å². The summed E-state index contributed by atoms with van der Waals surface area (Å²) in [5, 5.41) is 15.4. The van der Waals surface area contributed by atoms with Crippen LogP contribution in [0.4, 0.5) is 4.79 Å². The fourth-order valence-corrected chi connectivity index (χ4v) is 2.32. The number of carbonyl (C=O) groups is 1. The lowest BCUT2D eigenvalue weighted by molar-refractivity contribution is 0.103. The molecule has 1 aromatic rings. The highest BCUT2D eigenvalue weighted by Crippen LogP contribution is 2.20. The van der Waals surface area contributed by atoms with E-state index in [4.69, 9.17) is 21.4 Å². The molecule has 2 unspecified atom stereocenters. The number of hydrogen-bond donors (Lipinski definition) is 3. The van der Waals surface area contributed by atoms with E-state index >= 15 is 0 Å². The van der Waals surface area contributed by atoms with E-state index in [2.05, 4.69) is 10.6 Å². The molecule has 0 aliphatic carbocycles. The summed E-state index contributed by atoms with van der Waals surface area (Å²) >= 11 is 5.97. The minimum absolute atomic E-state index is 0.0355. The summed E-state index contributed by atoms with van der Waals surface area (Å²) in [5.41, 5.74) is 0.487. The molecular formula is C16H25ClN2O3. The van der Waals surface area contributed by atoms with Gasteiger partial charge in [-0.2, -0.15) is 0 Å². The van der Waals surface area contributed by atoms with Crippen LogP contribution in [0.3, 0.4) is 0 Å². The van der Waals surface area contributed by atoms with Gasteiger partial charge in [-0.3, -0.25) is 0 Å². The van der Waals surface area contributed by atoms with E-state index in [0.29, 0.717) is 18.0 Å². The van der Waals surface area contributed by atoms with Gasteiger partial charge < -0.3 is 20.5 Å². The summed E-state index contributed by atoms with van der Waals surface area (Å²) in [7, 11) is 1.59. The monoisotopic (exact) mass is 328 g/mol. The van der Waals surface area contributed by atoms with Gasteiger partial charge in [0.1, 0.15) is 0 Å². The molecule has 2 amide bonds. The molecule has 0 saturated heterocycles. The van der Waals surface area contributed by atoms with E-state index in [9.17, 15) is 4.79 Å². The smallest absolute Gasteiger partial charge is 0.315 e. The third-order valence-corrected chi connectivity index (χ3v) is 4.05. The first-order valence-corrected chi connectivity index (χ1v) is 7.77. The number of ether oxygens (including phenoxy) is 1. The molecule has 0 fully saturated rings. The molecule has 0 bridgehead atoms.